The van der Waals surface area contributed by atoms with Crippen molar-refractivity contribution in [3.8, 4) is 0 Å². The Morgan fingerprint density at radius 3 is 2.44 bits per heavy atom. The first-order chi connectivity index (χ1) is 11.8. The molecule has 4 N–H and O–H groups in total. The van der Waals surface area contributed by atoms with Crippen LogP contribution in [0.1, 0.15) is 64.7 Å². The molecular formula is C20H32O5. The summed E-state index contributed by atoms with van der Waals surface area (Å²) in [7, 11) is 0. The molecule has 0 heterocycles. The van der Waals surface area contributed by atoms with E-state index in [1.54, 1.807) is 0 Å². The molecule has 5 heteroatoms. The molecule has 0 aromatic carbocycles. The maximum absolute atomic E-state index is 12.1. The van der Waals surface area contributed by atoms with Crippen molar-refractivity contribution in [2.45, 2.75) is 70.3 Å². The Bertz CT molecular complexity index is 578. The molecule has 7 atom stereocenters. The lowest BCUT2D eigenvalue weighted by molar-refractivity contribution is -0.191. The lowest BCUT2D eigenvalue weighted by Gasteiger charge is -2.63. The normalized spacial score (nSPS) is 54.6. The highest BCUT2D eigenvalue weighted by molar-refractivity contribution is 5.75. The highest BCUT2D eigenvalue weighted by Crippen LogP contribution is 2.72. The fourth-order valence-corrected chi connectivity index (χ4v) is 8.13. The predicted molar refractivity (Wildman–Crippen MR) is 91.8 cm³/mol. The molecule has 25 heavy (non-hydrogen) atoms. The second-order valence-corrected chi connectivity index (χ2v) is 9.90. The molecule has 0 radical (unpaired) electrons. The van der Waals surface area contributed by atoms with E-state index in [-0.39, 0.29) is 35.9 Å². The minimum absolute atomic E-state index is 0.00578. The van der Waals surface area contributed by atoms with Gasteiger partial charge in [0.2, 0.25) is 0 Å². The van der Waals surface area contributed by atoms with E-state index in [4.69, 9.17) is 0 Å². The van der Waals surface area contributed by atoms with Gasteiger partial charge in [-0.25, -0.2) is 0 Å². The molecule has 4 aliphatic rings. The largest absolute Gasteiger partial charge is 0.481 e. The highest BCUT2D eigenvalue weighted by atomic mass is 16.4. The number of fused-ring (bicyclic) bond motifs is 3. The number of hydrogen-bond donors (Lipinski definition) is 4. The van der Waals surface area contributed by atoms with Crippen LogP contribution < -0.4 is 0 Å². The molecule has 4 fully saturated rings. The standard InChI is InChI=1S/C20H32O5/c1-17-6-2-7-19(11-21,16(23)24)15(17)5-8-18-9-13(3-4-14(17)18)20(25,10-18)12-22/h13-15,21-22,25H,2-12H2,1H3,(H,23,24)/t13-,14+,15-,17-,18+,19-,20+/m1/s1. The van der Waals surface area contributed by atoms with E-state index in [9.17, 15) is 25.2 Å². The summed E-state index contributed by atoms with van der Waals surface area (Å²) in [5, 5.41) is 40.7. The van der Waals surface area contributed by atoms with Crippen LogP contribution in [0.5, 0.6) is 0 Å². The summed E-state index contributed by atoms with van der Waals surface area (Å²) in [4.78, 5) is 12.1. The van der Waals surface area contributed by atoms with Crippen molar-refractivity contribution in [2.24, 2.45) is 34.0 Å². The fraction of sp³-hybridized carbons (Fsp3) is 0.950. The van der Waals surface area contributed by atoms with E-state index >= 15 is 0 Å². The Kier molecular flexibility index (Phi) is 3.85. The molecular weight excluding hydrogens is 320 g/mol. The summed E-state index contributed by atoms with van der Waals surface area (Å²) >= 11 is 0. The van der Waals surface area contributed by atoms with E-state index in [0.29, 0.717) is 18.8 Å². The van der Waals surface area contributed by atoms with Crippen LogP contribution in [0.4, 0.5) is 0 Å². The highest BCUT2D eigenvalue weighted by Gasteiger charge is 2.68. The van der Waals surface area contributed by atoms with E-state index in [1.165, 1.54) is 0 Å². The van der Waals surface area contributed by atoms with Crippen molar-refractivity contribution in [1.82, 2.24) is 0 Å². The lowest BCUT2D eigenvalue weighted by Crippen LogP contribution is -2.60. The molecule has 0 unspecified atom stereocenters. The van der Waals surface area contributed by atoms with Gasteiger partial charge in [0.05, 0.1) is 24.2 Å². The van der Waals surface area contributed by atoms with Crippen molar-refractivity contribution in [3.05, 3.63) is 0 Å². The van der Waals surface area contributed by atoms with Crippen LogP contribution in [0.25, 0.3) is 0 Å². The number of aliphatic carboxylic acids is 1. The summed E-state index contributed by atoms with van der Waals surface area (Å²) in [5.41, 5.74) is -2.00. The number of aliphatic hydroxyl groups excluding tert-OH is 2. The van der Waals surface area contributed by atoms with Gasteiger partial charge in [-0.2, -0.15) is 0 Å². The average molecular weight is 352 g/mol. The van der Waals surface area contributed by atoms with Gasteiger partial charge in [0, 0.05) is 0 Å². The number of rotatable bonds is 3. The third-order valence-electron chi connectivity index (χ3n) is 9.12. The van der Waals surface area contributed by atoms with E-state index in [1.807, 2.05) is 0 Å². The molecule has 4 saturated carbocycles. The second-order valence-electron chi connectivity index (χ2n) is 9.90. The van der Waals surface area contributed by atoms with Crippen LogP contribution in [0, 0.1) is 34.0 Å². The Morgan fingerprint density at radius 2 is 1.80 bits per heavy atom. The van der Waals surface area contributed by atoms with Crippen molar-refractivity contribution >= 4 is 5.97 Å². The number of hydrogen-bond acceptors (Lipinski definition) is 4. The van der Waals surface area contributed by atoms with E-state index in [2.05, 4.69) is 6.92 Å². The van der Waals surface area contributed by atoms with Gasteiger partial charge >= 0.3 is 5.97 Å². The molecule has 5 nitrogen and oxygen atoms in total. The molecule has 0 aromatic heterocycles. The molecule has 0 amide bonds. The summed E-state index contributed by atoms with van der Waals surface area (Å²) < 4.78 is 0. The molecule has 0 aliphatic heterocycles. The van der Waals surface area contributed by atoms with Crippen LogP contribution in [-0.4, -0.2) is 45.2 Å². The first kappa shape index (κ1) is 17.7. The molecule has 4 aliphatic carbocycles. The molecule has 2 bridgehead atoms. The Labute approximate surface area is 149 Å². The van der Waals surface area contributed by atoms with Gasteiger partial charge in [0.1, 0.15) is 0 Å². The quantitative estimate of drug-likeness (QED) is 0.624. The zero-order chi connectivity index (χ0) is 18.1. The fourth-order valence-electron chi connectivity index (χ4n) is 8.13. The van der Waals surface area contributed by atoms with Gasteiger partial charge in [-0.3, -0.25) is 4.79 Å². The third-order valence-corrected chi connectivity index (χ3v) is 9.12. The first-order valence-corrected chi connectivity index (χ1v) is 9.94. The van der Waals surface area contributed by atoms with Crippen LogP contribution in [0.2, 0.25) is 0 Å². The Balaban J connectivity index is 1.73. The number of aliphatic hydroxyl groups is 3. The number of carbonyl (C=O) groups is 1. The zero-order valence-corrected chi connectivity index (χ0v) is 15.2. The molecule has 0 saturated heterocycles. The molecule has 142 valence electrons. The van der Waals surface area contributed by atoms with E-state index < -0.39 is 17.0 Å². The van der Waals surface area contributed by atoms with Crippen LogP contribution in [-0.2, 0) is 4.79 Å². The topological polar surface area (TPSA) is 98.0 Å². The molecule has 1 spiro atoms. The van der Waals surface area contributed by atoms with Crippen molar-refractivity contribution in [3.63, 3.8) is 0 Å². The summed E-state index contributed by atoms with van der Waals surface area (Å²) in [6.45, 7) is 1.82. The smallest absolute Gasteiger partial charge is 0.312 e. The maximum Gasteiger partial charge on any atom is 0.312 e. The van der Waals surface area contributed by atoms with Crippen molar-refractivity contribution < 1.29 is 25.2 Å². The predicted octanol–water partition coefficient (Wildman–Crippen LogP) is 2.18. The van der Waals surface area contributed by atoms with Crippen molar-refractivity contribution in [1.29, 1.82) is 0 Å². The minimum Gasteiger partial charge on any atom is -0.481 e. The average Bonchev–Trinajstić information content (AvgIpc) is 2.79. The van der Waals surface area contributed by atoms with Crippen molar-refractivity contribution in [2.75, 3.05) is 13.2 Å². The van der Waals surface area contributed by atoms with Crippen LogP contribution in [0.15, 0.2) is 0 Å². The van der Waals surface area contributed by atoms with E-state index in [0.717, 1.165) is 44.9 Å². The monoisotopic (exact) mass is 352 g/mol. The summed E-state index contributed by atoms with van der Waals surface area (Å²) in [5.74, 6) is -0.263. The number of carboxylic acids is 1. The third kappa shape index (κ3) is 2.09. The maximum atomic E-state index is 12.1. The van der Waals surface area contributed by atoms with Crippen LogP contribution in [0.3, 0.4) is 0 Å². The number of carboxylic acid groups (broad SMARTS) is 1. The summed E-state index contributed by atoms with van der Waals surface area (Å²) in [6, 6.07) is 0. The van der Waals surface area contributed by atoms with Gasteiger partial charge in [-0.15, -0.1) is 0 Å². The Hall–Kier alpha value is -0.650. The van der Waals surface area contributed by atoms with Gasteiger partial charge in [-0.1, -0.05) is 13.3 Å². The first-order valence-electron chi connectivity index (χ1n) is 9.94. The lowest BCUT2D eigenvalue weighted by atomic mass is 9.41. The Morgan fingerprint density at radius 1 is 1.04 bits per heavy atom. The van der Waals surface area contributed by atoms with Gasteiger partial charge in [-0.05, 0) is 80.0 Å². The second kappa shape index (κ2) is 5.43. The minimum atomic E-state index is -1.00. The molecule has 0 aromatic rings. The SMILES string of the molecule is C[C@]12CCC[C@](CO)(C(=O)O)[C@@H]1CC[C@@]13C[C@@H](CC[C@H]12)[C@@](O)(CO)C3. The summed E-state index contributed by atoms with van der Waals surface area (Å²) in [6.07, 6.45) is 7.74. The van der Waals surface area contributed by atoms with Crippen LogP contribution >= 0.6 is 0 Å². The zero-order valence-electron chi connectivity index (χ0n) is 15.2. The molecule has 4 rings (SSSR count). The van der Waals surface area contributed by atoms with Gasteiger partial charge in [0.25, 0.3) is 0 Å². The van der Waals surface area contributed by atoms with Gasteiger partial charge < -0.3 is 20.4 Å². The van der Waals surface area contributed by atoms with Gasteiger partial charge in [0.15, 0.2) is 0 Å².